The van der Waals surface area contributed by atoms with Crippen LogP contribution in [0.4, 0.5) is 0 Å². The number of aliphatic carboxylic acids is 1. The van der Waals surface area contributed by atoms with Crippen molar-refractivity contribution in [2.24, 2.45) is 0 Å². The average Bonchev–Trinajstić information content (AvgIpc) is 2.04. The number of carbonyl (C=O) groups is 1. The van der Waals surface area contributed by atoms with E-state index in [1.54, 1.807) is 0 Å². The molecule has 0 aromatic rings. The van der Waals surface area contributed by atoms with Crippen molar-refractivity contribution in [3.8, 4) is 6.07 Å². The molecule has 0 saturated carbocycles. The molecule has 3 nitrogen and oxygen atoms in total. The molecule has 0 spiro atoms. The fraction of sp³-hybridized carbons (Fsp3) is 0.429. The Morgan fingerprint density at radius 3 is 2.36 bits per heavy atom. The normalized spacial score (nSPS) is 9.91. The average molecular weight is 173 g/mol. The number of nitriles is 1. The molecule has 0 aliphatic rings. The number of nitrogens with zero attached hydrogens (tertiary/aromatic N) is 1. The molecule has 0 fully saturated rings. The zero-order chi connectivity index (χ0) is 9.28. The number of hydrogen-bond acceptors (Lipinski definition) is 3. The van der Waals surface area contributed by atoms with E-state index >= 15 is 0 Å². The lowest BCUT2D eigenvalue weighted by molar-refractivity contribution is -0.131. The third-order valence-electron chi connectivity index (χ3n) is 0.710. The standard InChI is InChI=1S/C4H7NS.C3H4O2/c1-2-4(6)3-5;1-2-3(4)5/h4,6H,2H2,1H3;2H,1H2,(H,4,5). The Bertz CT molecular complexity index is 162. The quantitative estimate of drug-likeness (QED) is 0.491. The first-order valence-electron chi connectivity index (χ1n) is 3.01. The number of thiol groups is 1. The molecular weight excluding hydrogens is 162 g/mol. The summed E-state index contributed by atoms with van der Waals surface area (Å²) in [5.74, 6) is -0.981. The highest BCUT2D eigenvalue weighted by Crippen LogP contribution is 1.94. The molecule has 11 heavy (non-hydrogen) atoms. The van der Waals surface area contributed by atoms with Gasteiger partial charge in [0.15, 0.2) is 0 Å². The Morgan fingerprint density at radius 2 is 2.36 bits per heavy atom. The van der Waals surface area contributed by atoms with Crippen LogP contribution in [0.1, 0.15) is 13.3 Å². The van der Waals surface area contributed by atoms with E-state index in [1.165, 1.54) is 0 Å². The van der Waals surface area contributed by atoms with Crippen LogP contribution in [-0.2, 0) is 4.79 Å². The molecule has 1 unspecified atom stereocenters. The highest BCUT2D eigenvalue weighted by atomic mass is 32.1. The lowest BCUT2D eigenvalue weighted by atomic mass is 10.4. The molecule has 0 heterocycles. The van der Waals surface area contributed by atoms with Gasteiger partial charge in [0.25, 0.3) is 0 Å². The van der Waals surface area contributed by atoms with Gasteiger partial charge in [-0.1, -0.05) is 13.5 Å². The highest BCUT2D eigenvalue weighted by molar-refractivity contribution is 7.81. The van der Waals surface area contributed by atoms with Crippen molar-refractivity contribution in [2.75, 3.05) is 0 Å². The Kier molecular flexibility index (Phi) is 10.5. The van der Waals surface area contributed by atoms with Crippen LogP contribution in [-0.4, -0.2) is 16.3 Å². The van der Waals surface area contributed by atoms with Crippen LogP contribution in [0.2, 0.25) is 0 Å². The third-order valence-corrected chi connectivity index (χ3v) is 1.19. The molecule has 0 bridgehead atoms. The van der Waals surface area contributed by atoms with Crippen LogP contribution in [0.3, 0.4) is 0 Å². The van der Waals surface area contributed by atoms with Crippen molar-refractivity contribution in [3.05, 3.63) is 12.7 Å². The summed E-state index contributed by atoms with van der Waals surface area (Å²) in [5.41, 5.74) is 0. The second-order valence-electron chi connectivity index (χ2n) is 1.60. The maximum absolute atomic E-state index is 9.25. The predicted octanol–water partition coefficient (Wildman–Crippen LogP) is 1.48. The number of hydrogen-bond donors (Lipinski definition) is 2. The summed E-state index contributed by atoms with van der Waals surface area (Å²) in [5, 5.41) is 15.5. The Morgan fingerprint density at radius 1 is 2.00 bits per heavy atom. The van der Waals surface area contributed by atoms with Gasteiger partial charge in [0.05, 0.1) is 11.3 Å². The van der Waals surface area contributed by atoms with Gasteiger partial charge in [-0.15, -0.1) is 0 Å². The fourth-order valence-corrected chi connectivity index (χ4v) is 0.0913. The van der Waals surface area contributed by atoms with Crippen LogP contribution in [0.25, 0.3) is 0 Å². The van der Waals surface area contributed by atoms with Gasteiger partial charge >= 0.3 is 5.97 Å². The summed E-state index contributed by atoms with van der Waals surface area (Å²) in [6, 6.07) is 1.98. The number of rotatable bonds is 2. The zero-order valence-corrected chi connectivity index (χ0v) is 7.21. The van der Waals surface area contributed by atoms with Crippen molar-refractivity contribution in [1.82, 2.24) is 0 Å². The summed E-state index contributed by atoms with van der Waals surface area (Å²) >= 11 is 3.87. The lowest BCUT2D eigenvalue weighted by Crippen LogP contribution is -1.86. The molecular formula is C7H11NO2S. The molecule has 0 saturated heterocycles. The second-order valence-corrected chi connectivity index (χ2v) is 2.22. The first kappa shape index (κ1) is 12.7. The smallest absolute Gasteiger partial charge is 0.327 e. The van der Waals surface area contributed by atoms with E-state index in [2.05, 4.69) is 19.2 Å². The SMILES string of the molecule is C=CC(=O)O.CCC(S)C#N. The van der Waals surface area contributed by atoms with Gasteiger partial charge in [-0.3, -0.25) is 0 Å². The van der Waals surface area contributed by atoms with E-state index in [1.807, 2.05) is 13.0 Å². The van der Waals surface area contributed by atoms with E-state index in [-0.39, 0.29) is 5.25 Å². The van der Waals surface area contributed by atoms with Gasteiger partial charge in [-0.2, -0.15) is 17.9 Å². The molecule has 62 valence electrons. The van der Waals surface area contributed by atoms with E-state index in [9.17, 15) is 4.79 Å². The molecule has 0 aromatic heterocycles. The summed E-state index contributed by atoms with van der Waals surface area (Å²) in [7, 11) is 0. The van der Waals surface area contributed by atoms with Crippen LogP contribution in [0.5, 0.6) is 0 Å². The van der Waals surface area contributed by atoms with E-state index in [4.69, 9.17) is 10.4 Å². The zero-order valence-electron chi connectivity index (χ0n) is 6.32. The maximum Gasteiger partial charge on any atom is 0.327 e. The summed E-state index contributed by atoms with van der Waals surface area (Å²) in [6.07, 6.45) is 1.67. The van der Waals surface area contributed by atoms with Crippen molar-refractivity contribution in [2.45, 2.75) is 18.6 Å². The van der Waals surface area contributed by atoms with Crippen LogP contribution >= 0.6 is 12.6 Å². The molecule has 0 aliphatic carbocycles. The van der Waals surface area contributed by atoms with E-state index in [0.717, 1.165) is 12.5 Å². The minimum Gasteiger partial charge on any atom is -0.478 e. The summed E-state index contributed by atoms with van der Waals surface area (Å²) in [6.45, 7) is 4.89. The molecule has 0 radical (unpaired) electrons. The Hall–Kier alpha value is -0.950. The number of carboxylic acid groups (broad SMARTS) is 1. The minimum atomic E-state index is -0.981. The lowest BCUT2D eigenvalue weighted by Gasteiger charge is -1.86. The van der Waals surface area contributed by atoms with Crippen LogP contribution < -0.4 is 0 Å². The van der Waals surface area contributed by atoms with E-state index in [0.29, 0.717) is 0 Å². The molecule has 0 rings (SSSR count). The molecule has 0 aromatic carbocycles. The first-order valence-corrected chi connectivity index (χ1v) is 3.53. The predicted molar refractivity (Wildman–Crippen MR) is 46.5 cm³/mol. The molecule has 4 heteroatoms. The number of carboxylic acids is 1. The molecule has 0 aliphatic heterocycles. The van der Waals surface area contributed by atoms with Crippen molar-refractivity contribution in [3.63, 3.8) is 0 Å². The van der Waals surface area contributed by atoms with Crippen molar-refractivity contribution >= 4 is 18.6 Å². The van der Waals surface area contributed by atoms with Crippen molar-refractivity contribution < 1.29 is 9.90 Å². The first-order chi connectivity index (χ1) is 5.08. The Labute approximate surface area is 71.7 Å². The monoisotopic (exact) mass is 173 g/mol. The largest absolute Gasteiger partial charge is 0.478 e. The minimum absolute atomic E-state index is 0.0648. The third kappa shape index (κ3) is 17.6. The fourth-order valence-electron chi connectivity index (χ4n) is 0.0913. The topological polar surface area (TPSA) is 61.1 Å². The second kappa shape index (κ2) is 9.05. The van der Waals surface area contributed by atoms with Crippen molar-refractivity contribution in [1.29, 1.82) is 5.26 Å². The summed E-state index contributed by atoms with van der Waals surface area (Å²) < 4.78 is 0. The van der Waals surface area contributed by atoms with Gasteiger partial charge in [0, 0.05) is 6.08 Å². The Balaban J connectivity index is 0. The molecule has 1 N–H and O–H groups in total. The summed E-state index contributed by atoms with van der Waals surface area (Å²) in [4.78, 5) is 9.25. The van der Waals surface area contributed by atoms with Gasteiger partial charge < -0.3 is 5.11 Å². The molecule has 0 amide bonds. The van der Waals surface area contributed by atoms with Gasteiger partial charge in [0.2, 0.25) is 0 Å². The molecule has 1 atom stereocenters. The highest BCUT2D eigenvalue weighted by Gasteiger charge is 1.89. The van der Waals surface area contributed by atoms with Crippen LogP contribution in [0, 0.1) is 11.3 Å². The van der Waals surface area contributed by atoms with Gasteiger partial charge in [-0.25, -0.2) is 4.79 Å². The van der Waals surface area contributed by atoms with E-state index < -0.39 is 5.97 Å². The van der Waals surface area contributed by atoms with Crippen LogP contribution in [0.15, 0.2) is 12.7 Å². The van der Waals surface area contributed by atoms with Gasteiger partial charge in [0.1, 0.15) is 0 Å². The maximum atomic E-state index is 9.25. The van der Waals surface area contributed by atoms with Gasteiger partial charge in [-0.05, 0) is 6.42 Å².